The summed E-state index contributed by atoms with van der Waals surface area (Å²) in [6, 6.07) is 19.8. The highest BCUT2D eigenvalue weighted by atomic mass is 35.5. The molecule has 4 rings (SSSR count). The van der Waals surface area contributed by atoms with Crippen LogP contribution in [0.5, 0.6) is 0 Å². The molecule has 0 aliphatic carbocycles. The average Bonchev–Trinajstić information content (AvgIpc) is 2.74. The zero-order valence-electron chi connectivity index (χ0n) is 15.7. The Kier molecular flexibility index (Phi) is 5.58. The second kappa shape index (κ2) is 8.14. The zero-order valence-corrected chi connectivity index (χ0v) is 17.3. The van der Waals surface area contributed by atoms with Crippen LogP contribution in [0.2, 0.25) is 5.02 Å². The van der Waals surface area contributed by atoms with Crippen LogP contribution >= 0.6 is 11.6 Å². The monoisotopic (exact) mass is 428 g/mol. The molecule has 1 atom stereocenters. The van der Waals surface area contributed by atoms with Crippen LogP contribution in [0.15, 0.2) is 71.6 Å². The van der Waals surface area contributed by atoms with Crippen LogP contribution in [0, 0.1) is 5.92 Å². The molecular weight excluding hydrogens is 408 g/mol. The van der Waals surface area contributed by atoms with Gasteiger partial charge in [0, 0.05) is 23.8 Å². The van der Waals surface area contributed by atoms with E-state index in [9.17, 15) is 13.2 Å². The van der Waals surface area contributed by atoms with E-state index in [0.29, 0.717) is 30.1 Å². The summed E-state index contributed by atoms with van der Waals surface area (Å²) in [6.07, 6.45) is 1.30. The quantitative estimate of drug-likeness (QED) is 0.663. The first-order valence-corrected chi connectivity index (χ1v) is 11.3. The largest absolute Gasteiger partial charge is 0.326 e. The number of carbonyl (C=O) groups is 1. The minimum atomic E-state index is -3.65. The number of sulfonamides is 1. The first-order chi connectivity index (χ1) is 13.9. The third-order valence-electron chi connectivity index (χ3n) is 5.22. The number of amides is 1. The Morgan fingerprint density at radius 3 is 2.48 bits per heavy atom. The summed E-state index contributed by atoms with van der Waals surface area (Å²) in [6.45, 7) is 0.578. The van der Waals surface area contributed by atoms with E-state index < -0.39 is 15.9 Å². The van der Waals surface area contributed by atoms with E-state index in [4.69, 9.17) is 11.6 Å². The summed E-state index contributed by atoms with van der Waals surface area (Å²) in [5.74, 6) is -0.548. The van der Waals surface area contributed by atoms with E-state index in [1.54, 1.807) is 12.1 Å². The molecule has 3 aromatic rings. The number of fused-ring (bicyclic) bond motifs is 1. The van der Waals surface area contributed by atoms with Gasteiger partial charge in [-0.3, -0.25) is 4.79 Å². The second-order valence-corrected chi connectivity index (χ2v) is 9.58. The number of benzene rings is 3. The first kappa shape index (κ1) is 19.9. The van der Waals surface area contributed by atoms with Gasteiger partial charge >= 0.3 is 0 Å². The Labute approximate surface area is 175 Å². The lowest BCUT2D eigenvalue weighted by molar-refractivity contribution is -0.120. The van der Waals surface area contributed by atoms with Gasteiger partial charge in [-0.25, -0.2) is 8.42 Å². The SMILES string of the molecule is O=C(Nc1ccc2ccccc2c1)[C@H]1CCCN(S(=O)(=O)c2ccc(Cl)cc2)C1. The molecule has 7 heteroatoms. The van der Waals surface area contributed by atoms with Crippen LogP contribution in [0.25, 0.3) is 10.8 Å². The summed E-state index contributed by atoms with van der Waals surface area (Å²) in [7, 11) is -3.65. The highest BCUT2D eigenvalue weighted by Crippen LogP contribution is 2.26. The zero-order chi connectivity index (χ0) is 20.4. The van der Waals surface area contributed by atoms with Gasteiger partial charge in [0.15, 0.2) is 0 Å². The minimum Gasteiger partial charge on any atom is -0.326 e. The summed E-state index contributed by atoms with van der Waals surface area (Å²) in [5, 5.41) is 5.57. The van der Waals surface area contributed by atoms with E-state index in [2.05, 4.69) is 5.32 Å². The Morgan fingerprint density at radius 1 is 1.00 bits per heavy atom. The summed E-state index contributed by atoms with van der Waals surface area (Å²) >= 11 is 5.86. The molecule has 1 amide bonds. The molecule has 0 saturated carbocycles. The van der Waals surface area contributed by atoms with E-state index in [-0.39, 0.29) is 17.3 Å². The van der Waals surface area contributed by atoms with Crippen molar-refractivity contribution in [2.24, 2.45) is 5.92 Å². The molecule has 150 valence electrons. The molecule has 1 heterocycles. The van der Waals surface area contributed by atoms with Crippen LogP contribution in [-0.2, 0) is 14.8 Å². The van der Waals surface area contributed by atoms with Crippen molar-refractivity contribution in [1.29, 1.82) is 0 Å². The molecule has 5 nitrogen and oxygen atoms in total. The minimum absolute atomic E-state index is 0.156. The standard InChI is InChI=1S/C22H21ClN2O3S/c23-19-8-11-21(12-9-19)29(27,28)25-13-3-6-18(15-25)22(26)24-20-10-7-16-4-1-2-5-17(16)14-20/h1-2,4-5,7-12,14,18H,3,6,13,15H2,(H,24,26)/t18-/m0/s1. The molecule has 1 N–H and O–H groups in total. The van der Waals surface area contributed by atoms with Gasteiger partial charge in [0.1, 0.15) is 0 Å². The van der Waals surface area contributed by atoms with Crippen molar-refractivity contribution in [3.63, 3.8) is 0 Å². The van der Waals surface area contributed by atoms with Gasteiger partial charge in [-0.15, -0.1) is 0 Å². The van der Waals surface area contributed by atoms with Crippen LogP contribution in [0.4, 0.5) is 5.69 Å². The normalized spacial score (nSPS) is 17.9. The molecule has 3 aromatic carbocycles. The number of nitrogens with one attached hydrogen (secondary N) is 1. The highest BCUT2D eigenvalue weighted by molar-refractivity contribution is 7.89. The average molecular weight is 429 g/mol. The number of rotatable bonds is 4. The van der Waals surface area contributed by atoms with Gasteiger partial charge in [0.2, 0.25) is 15.9 Å². The van der Waals surface area contributed by atoms with Crippen LogP contribution in [0.1, 0.15) is 12.8 Å². The Morgan fingerprint density at radius 2 is 1.72 bits per heavy atom. The number of nitrogens with zero attached hydrogens (tertiary/aromatic N) is 1. The lowest BCUT2D eigenvalue weighted by atomic mass is 9.98. The number of hydrogen-bond acceptors (Lipinski definition) is 3. The van der Waals surface area contributed by atoms with Gasteiger partial charge < -0.3 is 5.32 Å². The van der Waals surface area contributed by atoms with Crippen LogP contribution in [0.3, 0.4) is 0 Å². The number of piperidine rings is 1. The van der Waals surface area contributed by atoms with Crippen molar-refractivity contribution in [2.75, 3.05) is 18.4 Å². The molecule has 0 unspecified atom stereocenters. The van der Waals surface area contributed by atoms with Crippen molar-refractivity contribution < 1.29 is 13.2 Å². The second-order valence-electron chi connectivity index (χ2n) is 7.21. The maximum absolute atomic E-state index is 12.9. The third-order valence-corrected chi connectivity index (χ3v) is 7.35. The molecule has 1 aliphatic heterocycles. The number of halogens is 1. The van der Waals surface area contributed by atoms with Crippen molar-refractivity contribution in [3.05, 3.63) is 71.8 Å². The van der Waals surface area contributed by atoms with Crippen molar-refractivity contribution in [3.8, 4) is 0 Å². The maximum atomic E-state index is 12.9. The molecule has 1 saturated heterocycles. The summed E-state index contributed by atoms with van der Waals surface area (Å²) in [4.78, 5) is 13.0. The van der Waals surface area contributed by atoms with Gasteiger partial charge in [-0.1, -0.05) is 41.9 Å². The smallest absolute Gasteiger partial charge is 0.243 e. The van der Waals surface area contributed by atoms with Gasteiger partial charge in [0.25, 0.3) is 0 Å². The van der Waals surface area contributed by atoms with Gasteiger partial charge in [-0.05, 0) is 60.0 Å². The lowest BCUT2D eigenvalue weighted by Crippen LogP contribution is -2.43. The molecule has 0 bridgehead atoms. The van der Waals surface area contributed by atoms with Crippen molar-refractivity contribution >= 4 is 44.0 Å². The Balaban J connectivity index is 1.48. The van der Waals surface area contributed by atoms with E-state index in [0.717, 1.165) is 10.8 Å². The lowest BCUT2D eigenvalue weighted by Gasteiger charge is -2.31. The topological polar surface area (TPSA) is 66.5 Å². The van der Waals surface area contributed by atoms with Crippen molar-refractivity contribution in [2.45, 2.75) is 17.7 Å². The van der Waals surface area contributed by atoms with Gasteiger partial charge in [-0.2, -0.15) is 4.31 Å². The number of carbonyl (C=O) groups excluding carboxylic acids is 1. The Hall–Kier alpha value is -2.41. The molecule has 29 heavy (non-hydrogen) atoms. The maximum Gasteiger partial charge on any atom is 0.243 e. The predicted octanol–water partition coefficient (Wildman–Crippen LogP) is 4.53. The first-order valence-electron chi connectivity index (χ1n) is 9.49. The third kappa shape index (κ3) is 4.29. The summed E-state index contributed by atoms with van der Waals surface area (Å²) < 4.78 is 27.2. The molecule has 1 fully saturated rings. The highest BCUT2D eigenvalue weighted by Gasteiger charge is 2.33. The molecule has 0 aromatic heterocycles. The fraction of sp³-hybridized carbons (Fsp3) is 0.227. The molecule has 0 radical (unpaired) electrons. The number of anilines is 1. The van der Waals surface area contributed by atoms with E-state index in [1.807, 2.05) is 42.5 Å². The summed E-state index contributed by atoms with van der Waals surface area (Å²) in [5.41, 5.74) is 0.714. The van der Waals surface area contributed by atoms with E-state index >= 15 is 0 Å². The van der Waals surface area contributed by atoms with Crippen molar-refractivity contribution in [1.82, 2.24) is 4.31 Å². The Bertz CT molecular complexity index is 1150. The predicted molar refractivity (Wildman–Crippen MR) is 116 cm³/mol. The van der Waals surface area contributed by atoms with Crippen LogP contribution in [-0.4, -0.2) is 31.7 Å². The number of hydrogen-bond donors (Lipinski definition) is 1. The van der Waals surface area contributed by atoms with E-state index in [1.165, 1.54) is 16.4 Å². The molecule has 1 aliphatic rings. The molecule has 0 spiro atoms. The van der Waals surface area contributed by atoms with Gasteiger partial charge in [0.05, 0.1) is 10.8 Å². The van der Waals surface area contributed by atoms with Crippen LogP contribution < -0.4 is 5.32 Å². The fourth-order valence-electron chi connectivity index (χ4n) is 3.64. The fourth-order valence-corrected chi connectivity index (χ4v) is 5.29. The molecular formula is C22H21ClN2O3S.